The quantitative estimate of drug-likeness (QED) is 0.793. The number of hydrogen-bond donors (Lipinski definition) is 1. The topological polar surface area (TPSA) is 42.7 Å². The number of aromatic nitrogens is 3. The lowest BCUT2D eigenvalue weighted by Crippen LogP contribution is -2.19. The van der Waals surface area contributed by atoms with Gasteiger partial charge in [-0.3, -0.25) is 0 Å². The van der Waals surface area contributed by atoms with Crippen LogP contribution in [0.3, 0.4) is 0 Å². The molecule has 0 aliphatic rings. The summed E-state index contributed by atoms with van der Waals surface area (Å²) in [5.41, 5.74) is 0.996. The highest BCUT2D eigenvalue weighted by atomic mass is 19.1. The third-order valence-corrected chi connectivity index (χ3v) is 2.57. The first-order chi connectivity index (χ1) is 8.25. The van der Waals surface area contributed by atoms with Crippen LogP contribution in [0.4, 0.5) is 4.39 Å². The van der Waals surface area contributed by atoms with Gasteiger partial charge in [0.2, 0.25) is 0 Å². The summed E-state index contributed by atoms with van der Waals surface area (Å²) >= 11 is 0. The maximum absolute atomic E-state index is 12.9. The number of nitrogens with zero attached hydrogens (tertiary/aromatic N) is 3. The summed E-state index contributed by atoms with van der Waals surface area (Å²) in [6, 6.07) is 6.67. The maximum atomic E-state index is 12.9. The average Bonchev–Trinajstić information content (AvgIpc) is 2.71. The van der Waals surface area contributed by atoms with Gasteiger partial charge in [0.05, 0.1) is 6.54 Å². The van der Waals surface area contributed by atoms with Crippen LogP contribution in [0.5, 0.6) is 0 Å². The van der Waals surface area contributed by atoms with Gasteiger partial charge in [-0.25, -0.2) is 4.39 Å². The molecule has 1 aromatic carbocycles. The standard InChI is InChI=1S/C12H15FN4/c1-17-9-15-16-12(17)8-14-6-5-10-3-2-4-11(13)7-10/h2-4,7,9,14H,5-6,8H2,1H3. The molecule has 1 N–H and O–H groups in total. The molecular weight excluding hydrogens is 219 g/mol. The van der Waals surface area contributed by atoms with Gasteiger partial charge in [-0.1, -0.05) is 12.1 Å². The Morgan fingerprint density at radius 3 is 3.00 bits per heavy atom. The molecule has 4 nitrogen and oxygen atoms in total. The van der Waals surface area contributed by atoms with Gasteiger partial charge < -0.3 is 9.88 Å². The molecule has 17 heavy (non-hydrogen) atoms. The average molecular weight is 234 g/mol. The van der Waals surface area contributed by atoms with Gasteiger partial charge in [-0.15, -0.1) is 10.2 Å². The van der Waals surface area contributed by atoms with Gasteiger partial charge in [-0.05, 0) is 30.7 Å². The number of aryl methyl sites for hydroxylation is 1. The Morgan fingerprint density at radius 2 is 2.29 bits per heavy atom. The number of hydrogen-bond acceptors (Lipinski definition) is 3. The van der Waals surface area contributed by atoms with E-state index in [9.17, 15) is 4.39 Å². The van der Waals surface area contributed by atoms with Gasteiger partial charge in [-0.2, -0.15) is 0 Å². The molecule has 90 valence electrons. The third-order valence-electron chi connectivity index (χ3n) is 2.57. The highest BCUT2D eigenvalue weighted by molar-refractivity contribution is 5.16. The second-order valence-electron chi connectivity index (χ2n) is 3.91. The molecule has 1 aromatic heterocycles. The zero-order valence-electron chi connectivity index (χ0n) is 9.73. The fourth-order valence-electron chi connectivity index (χ4n) is 1.59. The summed E-state index contributed by atoms with van der Waals surface area (Å²) in [4.78, 5) is 0. The predicted octanol–water partition coefficient (Wildman–Crippen LogP) is 1.29. The van der Waals surface area contributed by atoms with E-state index in [1.165, 1.54) is 6.07 Å². The van der Waals surface area contributed by atoms with Crippen molar-refractivity contribution in [2.75, 3.05) is 6.54 Å². The van der Waals surface area contributed by atoms with E-state index in [0.29, 0.717) is 6.54 Å². The second-order valence-corrected chi connectivity index (χ2v) is 3.91. The van der Waals surface area contributed by atoms with E-state index >= 15 is 0 Å². The molecule has 0 saturated carbocycles. The molecule has 0 unspecified atom stereocenters. The molecule has 2 rings (SSSR count). The minimum absolute atomic E-state index is 0.184. The van der Waals surface area contributed by atoms with Gasteiger partial charge in [0.25, 0.3) is 0 Å². The summed E-state index contributed by atoms with van der Waals surface area (Å²) in [6.07, 6.45) is 2.47. The Hall–Kier alpha value is -1.75. The van der Waals surface area contributed by atoms with E-state index in [1.807, 2.05) is 17.7 Å². The van der Waals surface area contributed by atoms with Crippen LogP contribution in [0.25, 0.3) is 0 Å². The lowest BCUT2D eigenvalue weighted by atomic mass is 10.1. The molecule has 5 heteroatoms. The van der Waals surface area contributed by atoms with Crippen molar-refractivity contribution in [3.8, 4) is 0 Å². The van der Waals surface area contributed by atoms with Crippen LogP contribution in [-0.2, 0) is 20.0 Å². The van der Waals surface area contributed by atoms with Crippen molar-refractivity contribution < 1.29 is 4.39 Å². The summed E-state index contributed by atoms with van der Waals surface area (Å²) < 4.78 is 14.8. The highest BCUT2D eigenvalue weighted by Crippen LogP contribution is 2.03. The Morgan fingerprint density at radius 1 is 1.41 bits per heavy atom. The van der Waals surface area contributed by atoms with Gasteiger partial charge >= 0.3 is 0 Å². The lowest BCUT2D eigenvalue weighted by Gasteiger charge is -2.04. The van der Waals surface area contributed by atoms with Crippen molar-refractivity contribution in [2.24, 2.45) is 7.05 Å². The van der Waals surface area contributed by atoms with E-state index in [0.717, 1.165) is 24.4 Å². The molecule has 0 bridgehead atoms. The van der Waals surface area contributed by atoms with E-state index in [1.54, 1.807) is 18.5 Å². The number of benzene rings is 1. The Bertz CT molecular complexity index is 481. The van der Waals surface area contributed by atoms with E-state index in [4.69, 9.17) is 0 Å². The predicted molar refractivity (Wildman–Crippen MR) is 62.8 cm³/mol. The molecule has 0 amide bonds. The van der Waals surface area contributed by atoms with Gasteiger partial charge in [0, 0.05) is 7.05 Å². The SMILES string of the molecule is Cn1cnnc1CNCCc1cccc(F)c1. The van der Waals surface area contributed by atoms with E-state index in [-0.39, 0.29) is 5.82 Å². The summed E-state index contributed by atoms with van der Waals surface area (Å²) in [7, 11) is 1.91. The van der Waals surface area contributed by atoms with Crippen molar-refractivity contribution >= 4 is 0 Å². The molecule has 0 atom stereocenters. The lowest BCUT2D eigenvalue weighted by molar-refractivity contribution is 0.617. The molecule has 0 spiro atoms. The van der Waals surface area contributed by atoms with Crippen molar-refractivity contribution in [1.82, 2.24) is 20.1 Å². The molecule has 0 radical (unpaired) electrons. The summed E-state index contributed by atoms with van der Waals surface area (Å²) in [5.74, 6) is 0.708. The third kappa shape index (κ3) is 3.35. The molecule has 2 aromatic rings. The molecule has 0 aliphatic heterocycles. The van der Waals surface area contributed by atoms with Crippen LogP contribution in [0.2, 0.25) is 0 Å². The van der Waals surface area contributed by atoms with Gasteiger partial charge in [0.15, 0.2) is 0 Å². The number of halogens is 1. The fraction of sp³-hybridized carbons (Fsp3) is 0.333. The highest BCUT2D eigenvalue weighted by Gasteiger charge is 1.99. The van der Waals surface area contributed by atoms with Crippen LogP contribution in [-0.4, -0.2) is 21.3 Å². The Balaban J connectivity index is 1.75. The van der Waals surface area contributed by atoms with E-state index < -0.39 is 0 Å². The summed E-state index contributed by atoms with van der Waals surface area (Å²) in [6.45, 7) is 1.46. The molecule has 1 heterocycles. The van der Waals surface area contributed by atoms with Crippen LogP contribution in [0, 0.1) is 5.82 Å². The minimum atomic E-state index is -0.184. The molecule has 0 aliphatic carbocycles. The molecule has 0 fully saturated rings. The maximum Gasteiger partial charge on any atom is 0.146 e. The van der Waals surface area contributed by atoms with Crippen LogP contribution in [0.15, 0.2) is 30.6 Å². The Kier molecular flexibility index (Phi) is 3.82. The molecular formula is C12H15FN4. The number of rotatable bonds is 5. The fourth-order valence-corrected chi connectivity index (χ4v) is 1.59. The Labute approximate surface area is 99.5 Å². The first kappa shape index (κ1) is 11.7. The van der Waals surface area contributed by atoms with Gasteiger partial charge in [0.1, 0.15) is 18.0 Å². The first-order valence-electron chi connectivity index (χ1n) is 5.54. The minimum Gasteiger partial charge on any atom is -0.320 e. The van der Waals surface area contributed by atoms with Crippen molar-refractivity contribution in [2.45, 2.75) is 13.0 Å². The molecule has 0 saturated heterocycles. The first-order valence-corrected chi connectivity index (χ1v) is 5.54. The van der Waals surface area contributed by atoms with Crippen LogP contribution in [0.1, 0.15) is 11.4 Å². The monoisotopic (exact) mass is 234 g/mol. The van der Waals surface area contributed by atoms with Crippen LogP contribution < -0.4 is 5.32 Å². The number of nitrogens with one attached hydrogen (secondary N) is 1. The van der Waals surface area contributed by atoms with Crippen molar-refractivity contribution in [3.63, 3.8) is 0 Å². The zero-order valence-corrected chi connectivity index (χ0v) is 9.73. The smallest absolute Gasteiger partial charge is 0.146 e. The van der Waals surface area contributed by atoms with E-state index in [2.05, 4.69) is 15.5 Å². The largest absolute Gasteiger partial charge is 0.320 e. The normalized spacial score (nSPS) is 10.7. The van der Waals surface area contributed by atoms with Crippen LogP contribution >= 0.6 is 0 Å². The summed E-state index contributed by atoms with van der Waals surface area (Å²) in [5, 5.41) is 11.0. The second kappa shape index (κ2) is 5.54. The zero-order chi connectivity index (χ0) is 12.1. The van der Waals surface area contributed by atoms with Crippen molar-refractivity contribution in [3.05, 3.63) is 47.8 Å². The van der Waals surface area contributed by atoms with Crippen molar-refractivity contribution in [1.29, 1.82) is 0 Å².